The lowest BCUT2D eigenvalue weighted by molar-refractivity contribution is -0.116. The van der Waals surface area contributed by atoms with E-state index < -0.39 is 0 Å². The van der Waals surface area contributed by atoms with Crippen molar-refractivity contribution in [1.29, 1.82) is 0 Å². The predicted octanol–water partition coefficient (Wildman–Crippen LogP) is 5.05. The molecule has 1 aliphatic rings. The van der Waals surface area contributed by atoms with E-state index in [0.29, 0.717) is 34.7 Å². The van der Waals surface area contributed by atoms with Gasteiger partial charge in [-0.05, 0) is 23.8 Å². The molecule has 1 N–H and O–H groups in total. The fourth-order valence-corrected chi connectivity index (χ4v) is 4.67. The van der Waals surface area contributed by atoms with Gasteiger partial charge >= 0.3 is 0 Å². The summed E-state index contributed by atoms with van der Waals surface area (Å²) < 4.78 is 25.3. The summed E-state index contributed by atoms with van der Waals surface area (Å²) in [7, 11) is 1.56. The van der Waals surface area contributed by atoms with E-state index in [1.165, 1.54) is 17.4 Å². The highest BCUT2D eigenvalue weighted by Gasteiger charge is 2.31. The van der Waals surface area contributed by atoms with Gasteiger partial charge in [-0.2, -0.15) is 0 Å². The molecule has 1 aliphatic heterocycles. The van der Waals surface area contributed by atoms with Gasteiger partial charge in [0.2, 0.25) is 5.91 Å². The number of rotatable bonds is 5. The number of carbonyl (C=O) groups excluding carboxylic acids is 1. The molecule has 6 heteroatoms. The Morgan fingerprint density at radius 3 is 2.83 bits per heavy atom. The Labute approximate surface area is 172 Å². The molecule has 1 aromatic heterocycles. The summed E-state index contributed by atoms with van der Waals surface area (Å²) in [5.41, 5.74) is 2.77. The van der Waals surface area contributed by atoms with E-state index in [-0.39, 0.29) is 24.2 Å². The molecule has 1 amide bonds. The number of fused-ring (bicyclic) bond motifs is 1. The molecule has 4 nitrogen and oxygen atoms in total. The van der Waals surface area contributed by atoms with Crippen LogP contribution < -0.4 is 14.8 Å². The van der Waals surface area contributed by atoms with E-state index in [4.69, 9.17) is 15.9 Å². The average Bonchev–Trinajstić information content (AvgIpc) is 3.15. The normalized spacial score (nSPS) is 15.2. The molecule has 1 unspecified atom stereocenters. The van der Waals surface area contributed by atoms with Gasteiger partial charge in [0.25, 0.3) is 0 Å². The molecular formula is C23H18FNO3S. The van der Waals surface area contributed by atoms with Crippen molar-refractivity contribution < 1.29 is 18.7 Å². The van der Waals surface area contributed by atoms with Gasteiger partial charge in [0.1, 0.15) is 12.4 Å². The third kappa shape index (κ3) is 3.57. The highest BCUT2D eigenvalue weighted by Crippen LogP contribution is 2.47. The number of halogens is 1. The molecule has 0 fully saturated rings. The number of nitrogens with one attached hydrogen (secondary N) is 1. The zero-order chi connectivity index (χ0) is 20.4. The zero-order valence-electron chi connectivity index (χ0n) is 15.7. The van der Waals surface area contributed by atoms with Crippen molar-refractivity contribution in [2.45, 2.75) is 12.3 Å². The first-order valence-corrected chi connectivity index (χ1v) is 9.90. The molecule has 0 saturated carbocycles. The summed E-state index contributed by atoms with van der Waals surface area (Å²) >= 11 is 1.51. The van der Waals surface area contributed by atoms with Gasteiger partial charge in [-0.25, -0.2) is 4.39 Å². The predicted molar refractivity (Wildman–Crippen MR) is 112 cm³/mol. The van der Waals surface area contributed by atoms with E-state index in [2.05, 4.69) is 11.2 Å². The summed E-state index contributed by atoms with van der Waals surface area (Å²) in [4.78, 5) is 13.4. The van der Waals surface area contributed by atoms with Crippen molar-refractivity contribution >= 4 is 22.9 Å². The second kappa shape index (κ2) is 7.98. The first kappa shape index (κ1) is 19.0. The van der Waals surface area contributed by atoms with Crippen LogP contribution in [0.15, 0.2) is 47.8 Å². The van der Waals surface area contributed by atoms with E-state index in [0.717, 1.165) is 10.4 Å². The summed E-state index contributed by atoms with van der Waals surface area (Å²) in [5.74, 6) is 2.95. The lowest BCUT2D eigenvalue weighted by Gasteiger charge is -2.24. The minimum atomic E-state index is -0.318. The van der Waals surface area contributed by atoms with Crippen molar-refractivity contribution in [3.63, 3.8) is 0 Å². The van der Waals surface area contributed by atoms with Crippen LogP contribution in [0.1, 0.15) is 22.8 Å². The van der Waals surface area contributed by atoms with Crippen LogP contribution in [0, 0.1) is 18.2 Å². The van der Waals surface area contributed by atoms with E-state index in [1.54, 1.807) is 31.4 Å². The second-order valence-electron chi connectivity index (χ2n) is 6.58. The Morgan fingerprint density at radius 2 is 2.07 bits per heavy atom. The summed E-state index contributed by atoms with van der Waals surface area (Å²) in [6, 6.07) is 12.1. The molecule has 0 spiro atoms. The topological polar surface area (TPSA) is 47.6 Å². The van der Waals surface area contributed by atoms with Gasteiger partial charge < -0.3 is 14.8 Å². The van der Waals surface area contributed by atoms with Crippen LogP contribution in [0.5, 0.6) is 11.5 Å². The van der Waals surface area contributed by atoms with Crippen molar-refractivity contribution in [1.82, 2.24) is 0 Å². The highest BCUT2D eigenvalue weighted by molar-refractivity contribution is 7.11. The maximum absolute atomic E-state index is 14.3. The fraction of sp³-hybridized carbons (Fsp3) is 0.174. The van der Waals surface area contributed by atoms with Crippen molar-refractivity contribution in [2.24, 2.45) is 0 Å². The Morgan fingerprint density at radius 1 is 1.24 bits per heavy atom. The molecule has 0 aliphatic carbocycles. The summed E-state index contributed by atoms with van der Waals surface area (Å²) in [5, 5.41) is 4.82. The Bertz CT molecular complexity index is 1120. The number of amides is 1. The molecule has 4 rings (SSSR count). The van der Waals surface area contributed by atoms with Crippen molar-refractivity contribution in [3.8, 4) is 35.0 Å². The number of ether oxygens (including phenoxy) is 2. The molecule has 146 valence electrons. The van der Waals surface area contributed by atoms with E-state index in [1.807, 2.05) is 17.5 Å². The second-order valence-corrected chi connectivity index (χ2v) is 7.49. The van der Waals surface area contributed by atoms with Crippen LogP contribution in [0.25, 0.3) is 11.1 Å². The van der Waals surface area contributed by atoms with Gasteiger partial charge in [-0.3, -0.25) is 4.79 Å². The molecule has 2 aromatic carbocycles. The molecule has 29 heavy (non-hydrogen) atoms. The first-order chi connectivity index (χ1) is 14.1. The molecule has 3 aromatic rings. The molecular weight excluding hydrogens is 389 g/mol. The quantitative estimate of drug-likeness (QED) is 0.602. The number of carbonyl (C=O) groups is 1. The number of benzene rings is 2. The van der Waals surface area contributed by atoms with Gasteiger partial charge in [-0.1, -0.05) is 30.2 Å². The summed E-state index contributed by atoms with van der Waals surface area (Å²) in [6.07, 6.45) is 5.56. The smallest absolute Gasteiger partial charge is 0.225 e. The first-order valence-electron chi connectivity index (χ1n) is 9.02. The summed E-state index contributed by atoms with van der Waals surface area (Å²) in [6.45, 7) is 0.141. The minimum absolute atomic E-state index is 0.106. The van der Waals surface area contributed by atoms with Crippen LogP contribution >= 0.6 is 11.3 Å². The zero-order valence-corrected chi connectivity index (χ0v) is 16.5. The van der Waals surface area contributed by atoms with E-state index in [9.17, 15) is 9.18 Å². The van der Waals surface area contributed by atoms with Crippen molar-refractivity contribution in [2.75, 3.05) is 19.0 Å². The van der Waals surface area contributed by atoms with Crippen LogP contribution in [0.3, 0.4) is 0 Å². The number of anilines is 1. The maximum atomic E-state index is 14.3. The van der Waals surface area contributed by atoms with Gasteiger partial charge in [0.15, 0.2) is 11.5 Å². The highest BCUT2D eigenvalue weighted by atomic mass is 32.1. The van der Waals surface area contributed by atoms with Crippen molar-refractivity contribution in [3.05, 3.63) is 64.1 Å². The number of thiophene rings is 1. The standard InChI is InChI=1S/C23H18FNO3S/c1-3-10-28-19-9-8-14(11-20(19)27-2)16-12-21(26)25-22-17(13-29-23(16)22)15-6-4-5-7-18(15)24/h1,4-9,11,13,16H,10,12H2,2H3,(H,25,26). The van der Waals surface area contributed by atoms with Crippen LogP contribution in [0.4, 0.5) is 10.1 Å². The fourth-order valence-electron chi connectivity index (χ4n) is 3.51. The molecule has 0 bridgehead atoms. The number of terminal acetylenes is 1. The Hall–Kier alpha value is -3.30. The number of methoxy groups -OCH3 is 1. The molecule has 1 atom stereocenters. The number of hydrogen-bond acceptors (Lipinski definition) is 4. The van der Waals surface area contributed by atoms with Gasteiger partial charge in [-0.15, -0.1) is 17.8 Å². The van der Waals surface area contributed by atoms with Crippen LogP contribution in [0.2, 0.25) is 0 Å². The number of hydrogen-bond donors (Lipinski definition) is 1. The van der Waals surface area contributed by atoms with Gasteiger partial charge in [0.05, 0.1) is 12.8 Å². The van der Waals surface area contributed by atoms with E-state index >= 15 is 0 Å². The molecule has 2 heterocycles. The lowest BCUT2D eigenvalue weighted by atomic mass is 9.89. The third-order valence-electron chi connectivity index (χ3n) is 4.85. The maximum Gasteiger partial charge on any atom is 0.225 e. The largest absolute Gasteiger partial charge is 0.493 e. The lowest BCUT2D eigenvalue weighted by Crippen LogP contribution is -2.22. The average molecular weight is 407 g/mol. The molecule has 0 saturated heterocycles. The van der Waals surface area contributed by atoms with Gasteiger partial charge in [0, 0.05) is 33.7 Å². The molecule has 0 radical (unpaired) electrons. The minimum Gasteiger partial charge on any atom is -0.493 e. The monoisotopic (exact) mass is 407 g/mol. The van der Waals surface area contributed by atoms with Crippen LogP contribution in [-0.2, 0) is 4.79 Å². The third-order valence-corrected chi connectivity index (χ3v) is 5.95. The SMILES string of the molecule is C#CCOc1ccc(C2CC(=O)Nc3c(-c4ccccc4F)csc32)cc1OC. The Kier molecular flexibility index (Phi) is 5.24. The Balaban J connectivity index is 1.76. The van der Waals surface area contributed by atoms with Crippen LogP contribution in [-0.4, -0.2) is 19.6 Å².